The van der Waals surface area contributed by atoms with Crippen LogP contribution in [0.5, 0.6) is 0 Å². The van der Waals surface area contributed by atoms with E-state index in [1.165, 1.54) is 34.9 Å². The maximum absolute atomic E-state index is 13.4. The van der Waals surface area contributed by atoms with Gasteiger partial charge < -0.3 is 0 Å². The number of halogens is 1. The molecule has 9 heteroatoms. The number of hydrogen-bond acceptors (Lipinski definition) is 5. The summed E-state index contributed by atoms with van der Waals surface area (Å²) < 4.78 is 40.0. The molecule has 1 saturated heterocycles. The van der Waals surface area contributed by atoms with Gasteiger partial charge in [0.2, 0.25) is 15.9 Å². The third kappa shape index (κ3) is 4.84. The summed E-state index contributed by atoms with van der Waals surface area (Å²) in [5.41, 5.74) is 1.84. The summed E-state index contributed by atoms with van der Waals surface area (Å²) in [6.07, 6.45) is 0. The molecule has 1 aliphatic rings. The number of benzene rings is 2. The second-order valence-electron chi connectivity index (χ2n) is 7.56. The van der Waals surface area contributed by atoms with E-state index in [4.69, 9.17) is 0 Å². The molecular weight excluding hydrogens is 427 g/mol. The van der Waals surface area contributed by atoms with Gasteiger partial charge >= 0.3 is 0 Å². The second-order valence-corrected chi connectivity index (χ2v) is 10.4. The maximum atomic E-state index is 13.4. The van der Waals surface area contributed by atoms with Crippen LogP contribution in [0.3, 0.4) is 0 Å². The highest BCUT2D eigenvalue weighted by Gasteiger charge is 2.37. The molecule has 30 heavy (non-hydrogen) atoms. The Morgan fingerprint density at radius 1 is 1.23 bits per heavy atom. The van der Waals surface area contributed by atoms with Crippen LogP contribution in [0, 0.1) is 18.7 Å². The monoisotopic (exact) mass is 450 g/mol. The van der Waals surface area contributed by atoms with Crippen molar-refractivity contribution in [3.63, 3.8) is 0 Å². The van der Waals surface area contributed by atoms with Crippen LogP contribution < -0.4 is 9.62 Å². The van der Waals surface area contributed by atoms with Gasteiger partial charge in [-0.15, -0.1) is 11.8 Å². The average molecular weight is 451 g/mol. The molecule has 0 spiro atoms. The summed E-state index contributed by atoms with van der Waals surface area (Å²) in [6.45, 7) is 5.25. The van der Waals surface area contributed by atoms with Crippen molar-refractivity contribution in [1.29, 1.82) is 0 Å². The van der Waals surface area contributed by atoms with Crippen molar-refractivity contribution in [2.24, 2.45) is 5.92 Å². The van der Waals surface area contributed by atoms with Crippen LogP contribution in [-0.2, 0) is 14.8 Å². The van der Waals surface area contributed by atoms with Crippen molar-refractivity contribution >= 4 is 39.3 Å². The number of carbonyl (C=O) groups excluding carboxylic acids is 2. The topological polar surface area (TPSA) is 83.6 Å². The molecule has 3 rings (SSSR count). The Morgan fingerprint density at radius 3 is 2.53 bits per heavy atom. The Balaban J connectivity index is 2.02. The lowest BCUT2D eigenvalue weighted by Crippen LogP contribution is -2.36. The Bertz CT molecular complexity index is 1070. The van der Waals surface area contributed by atoms with Gasteiger partial charge in [0.1, 0.15) is 11.2 Å². The van der Waals surface area contributed by atoms with Crippen LogP contribution in [0.15, 0.2) is 42.5 Å². The van der Waals surface area contributed by atoms with Gasteiger partial charge in [-0.25, -0.2) is 17.5 Å². The van der Waals surface area contributed by atoms with Crippen molar-refractivity contribution in [1.82, 2.24) is 4.72 Å². The van der Waals surface area contributed by atoms with Gasteiger partial charge in [0.25, 0.3) is 5.91 Å². The molecule has 1 heterocycles. The van der Waals surface area contributed by atoms with Crippen molar-refractivity contribution in [2.45, 2.75) is 26.1 Å². The number of thioether (sulfide) groups is 1. The predicted molar refractivity (Wildman–Crippen MR) is 116 cm³/mol. The minimum Gasteiger partial charge on any atom is -0.294 e. The molecule has 0 saturated carbocycles. The van der Waals surface area contributed by atoms with Gasteiger partial charge in [-0.1, -0.05) is 38.1 Å². The highest BCUT2D eigenvalue weighted by molar-refractivity contribution is 8.00. The number of carbonyl (C=O) groups is 2. The molecule has 0 bridgehead atoms. The molecule has 1 aliphatic heterocycles. The lowest BCUT2D eigenvalue weighted by Gasteiger charge is -2.28. The normalized spacial score (nSPS) is 16.9. The number of nitrogens with one attached hydrogen (secondary N) is 1. The van der Waals surface area contributed by atoms with E-state index < -0.39 is 21.3 Å². The number of rotatable bonds is 6. The molecule has 0 radical (unpaired) electrons. The van der Waals surface area contributed by atoms with Gasteiger partial charge in [0, 0.05) is 0 Å². The molecular formula is C21H23FN2O4S2. The van der Waals surface area contributed by atoms with Crippen LogP contribution in [-0.4, -0.2) is 31.7 Å². The fraction of sp³-hybridized carbons (Fsp3) is 0.333. The molecule has 0 aromatic heterocycles. The molecule has 160 valence electrons. The summed E-state index contributed by atoms with van der Waals surface area (Å²) in [6, 6.07) is 10.7. The summed E-state index contributed by atoms with van der Waals surface area (Å²) >= 11 is 1.37. The van der Waals surface area contributed by atoms with Crippen molar-refractivity contribution in [3.8, 4) is 0 Å². The molecule has 2 aromatic carbocycles. The number of anilines is 1. The van der Waals surface area contributed by atoms with Crippen molar-refractivity contribution in [3.05, 3.63) is 65.0 Å². The third-order valence-electron chi connectivity index (χ3n) is 4.55. The number of sulfonamides is 1. The number of para-hydroxylation sites is 1. The quantitative estimate of drug-likeness (QED) is 0.727. The van der Waals surface area contributed by atoms with Crippen LogP contribution in [0.4, 0.5) is 10.1 Å². The number of nitrogens with zero attached hydrogens (tertiary/aromatic N) is 1. The Hall–Kier alpha value is -2.39. The summed E-state index contributed by atoms with van der Waals surface area (Å²) in [5, 5.41) is -0.446. The highest BCUT2D eigenvalue weighted by atomic mass is 32.2. The molecule has 1 atom stereocenters. The zero-order valence-corrected chi connectivity index (χ0v) is 18.5. The lowest BCUT2D eigenvalue weighted by molar-refractivity contribution is -0.115. The molecule has 6 nitrogen and oxygen atoms in total. The fourth-order valence-electron chi connectivity index (χ4n) is 3.38. The van der Waals surface area contributed by atoms with Gasteiger partial charge in [-0.05, 0) is 42.2 Å². The van der Waals surface area contributed by atoms with Crippen LogP contribution in [0.25, 0.3) is 0 Å². The van der Waals surface area contributed by atoms with E-state index in [1.54, 1.807) is 45.0 Å². The van der Waals surface area contributed by atoms with Gasteiger partial charge in [-0.3, -0.25) is 14.5 Å². The van der Waals surface area contributed by atoms with E-state index in [0.717, 1.165) is 0 Å². The fourth-order valence-corrected chi connectivity index (χ4v) is 5.89. The lowest BCUT2D eigenvalue weighted by atomic mass is 10.0. The first-order valence-corrected chi connectivity index (χ1v) is 12.1. The summed E-state index contributed by atoms with van der Waals surface area (Å²) in [4.78, 5) is 27.1. The Labute approximate surface area is 179 Å². The van der Waals surface area contributed by atoms with Crippen LogP contribution in [0.1, 0.15) is 40.7 Å². The molecule has 0 aliphatic carbocycles. The minimum absolute atomic E-state index is 0.102. The van der Waals surface area contributed by atoms with Crippen molar-refractivity contribution < 1.29 is 22.4 Å². The van der Waals surface area contributed by atoms with Crippen LogP contribution in [0.2, 0.25) is 0 Å². The van der Waals surface area contributed by atoms with E-state index in [-0.39, 0.29) is 34.7 Å². The molecule has 2 aromatic rings. The maximum Gasteiger partial charge on any atom is 0.266 e. The first kappa shape index (κ1) is 22.3. The molecule has 1 N–H and O–H groups in total. The first-order chi connectivity index (χ1) is 14.1. The number of aryl methyl sites for hydroxylation is 1. The van der Waals surface area contributed by atoms with Gasteiger partial charge in [0.05, 0.1) is 22.8 Å². The van der Waals surface area contributed by atoms with E-state index >= 15 is 0 Å². The molecule has 2 amide bonds. The SMILES string of the molecule is Cc1cccc(C(=O)NS(=O)(=O)CC(C)C)c1N1C(=O)CSC1c1ccc(F)cc1. The smallest absolute Gasteiger partial charge is 0.266 e. The molecule has 1 unspecified atom stereocenters. The highest BCUT2D eigenvalue weighted by Crippen LogP contribution is 2.44. The van der Waals surface area contributed by atoms with Gasteiger partial charge in [0.15, 0.2) is 0 Å². The molecule has 1 fully saturated rings. The van der Waals surface area contributed by atoms with Crippen molar-refractivity contribution in [2.75, 3.05) is 16.4 Å². The summed E-state index contributed by atoms with van der Waals surface area (Å²) in [7, 11) is -3.82. The Kier molecular flexibility index (Phi) is 6.52. The first-order valence-electron chi connectivity index (χ1n) is 9.42. The second kappa shape index (κ2) is 8.77. The van der Waals surface area contributed by atoms with E-state index in [2.05, 4.69) is 4.72 Å². The predicted octanol–water partition coefficient (Wildman–Crippen LogP) is 3.63. The zero-order valence-electron chi connectivity index (χ0n) is 16.9. The largest absolute Gasteiger partial charge is 0.294 e. The van der Waals surface area contributed by atoms with Crippen LogP contribution >= 0.6 is 11.8 Å². The third-order valence-corrected chi connectivity index (χ3v) is 7.36. The summed E-state index contributed by atoms with van der Waals surface area (Å²) in [5.74, 6) is -1.50. The van der Waals surface area contributed by atoms with Gasteiger partial charge in [-0.2, -0.15) is 0 Å². The minimum atomic E-state index is -3.82. The number of hydrogen-bond donors (Lipinski definition) is 1. The average Bonchev–Trinajstić information content (AvgIpc) is 3.01. The number of amides is 2. The zero-order chi connectivity index (χ0) is 22.1. The van der Waals surface area contributed by atoms with E-state index in [9.17, 15) is 22.4 Å². The van der Waals surface area contributed by atoms with E-state index in [0.29, 0.717) is 16.8 Å². The van der Waals surface area contributed by atoms with E-state index in [1.807, 2.05) is 0 Å². The Morgan fingerprint density at radius 2 is 1.90 bits per heavy atom. The standard InChI is InChI=1S/C21H23FN2O4S2/c1-13(2)12-30(27,28)23-20(26)17-6-4-5-14(3)19(17)24-18(25)11-29-21(24)15-7-9-16(22)10-8-15/h4-10,13,21H,11-12H2,1-3H3,(H,23,26).